The Bertz CT molecular complexity index is 1530. The lowest BCUT2D eigenvalue weighted by atomic mass is 10.00. The first kappa shape index (κ1) is 25.7. The van der Waals surface area contributed by atoms with Gasteiger partial charge in [0, 0.05) is 29.9 Å². The summed E-state index contributed by atoms with van der Waals surface area (Å²) in [5, 5.41) is 23.3. The van der Waals surface area contributed by atoms with Crippen LogP contribution in [0.4, 0.5) is 13.2 Å². The second kappa shape index (κ2) is 9.93. The molecule has 1 amide bonds. The van der Waals surface area contributed by atoms with Crippen LogP contribution in [0.5, 0.6) is 0 Å². The number of pyridine rings is 1. The number of hydrogen-bond acceptors (Lipinski definition) is 7. The highest BCUT2D eigenvalue weighted by atomic mass is 19.3. The zero-order valence-electron chi connectivity index (χ0n) is 20.0. The lowest BCUT2D eigenvalue weighted by molar-refractivity contribution is -0.0584. The summed E-state index contributed by atoms with van der Waals surface area (Å²) in [6.07, 6.45) is 4.48. The van der Waals surface area contributed by atoms with E-state index in [1.807, 2.05) is 0 Å². The fraction of sp³-hybridized carbons (Fsp3) is 0.250. The Hall–Kier alpha value is -4.39. The van der Waals surface area contributed by atoms with E-state index in [0.717, 1.165) is 10.7 Å². The minimum Gasteiger partial charge on any atom is -0.390 e. The van der Waals surface area contributed by atoms with Gasteiger partial charge in [0.2, 0.25) is 0 Å². The number of aliphatic hydroxyl groups is 1. The third-order valence-corrected chi connectivity index (χ3v) is 5.74. The van der Waals surface area contributed by atoms with Gasteiger partial charge in [-0.2, -0.15) is 18.6 Å². The fourth-order valence-corrected chi connectivity index (χ4v) is 3.74. The first-order valence-corrected chi connectivity index (χ1v) is 11.0. The van der Waals surface area contributed by atoms with Gasteiger partial charge in [-0.1, -0.05) is 17.3 Å². The molecule has 0 aliphatic rings. The molecule has 37 heavy (non-hydrogen) atoms. The van der Waals surface area contributed by atoms with Gasteiger partial charge in [0.05, 0.1) is 35.4 Å². The van der Waals surface area contributed by atoms with Crippen LogP contribution >= 0.6 is 0 Å². The van der Waals surface area contributed by atoms with Crippen LogP contribution in [-0.4, -0.2) is 47.4 Å². The number of nitrogens with one attached hydrogen (secondary N) is 1. The number of benzene rings is 1. The number of carbonyl (C=O) groups is 1. The molecule has 0 saturated carbocycles. The zero-order valence-corrected chi connectivity index (χ0v) is 20.0. The van der Waals surface area contributed by atoms with Crippen molar-refractivity contribution >= 4 is 5.91 Å². The molecule has 0 saturated heterocycles. The van der Waals surface area contributed by atoms with Crippen LogP contribution in [-0.2, 0) is 13.0 Å². The number of aromatic nitrogens is 6. The van der Waals surface area contributed by atoms with Crippen molar-refractivity contribution < 1.29 is 23.1 Å². The molecule has 192 valence electrons. The number of amides is 1. The van der Waals surface area contributed by atoms with E-state index < -0.39 is 41.4 Å². The van der Waals surface area contributed by atoms with Gasteiger partial charge in [-0.3, -0.25) is 14.6 Å². The Labute approximate surface area is 208 Å². The van der Waals surface area contributed by atoms with E-state index in [1.165, 1.54) is 49.1 Å². The second-order valence-corrected chi connectivity index (χ2v) is 8.37. The Morgan fingerprint density at radius 3 is 2.65 bits per heavy atom. The summed E-state index contributed by atoms with van der Waals surface area (Å²) in [6.45, 7) is 1.35. The average Bonchev–Trinajstić information content (AvgIpc) is 3.31. The molecule has 4 rings (SSSR count). The van der Waals surface area contributed by atoms with Crippen molar-refractivity contribution in [3.63, 3.8) is 0 Å². The van der Waals surface area contributed by atoms with Crippen LogP contribution in [0.2, 0.25) is 0 Å². The predicted octanol–water partition coefficient (Wildman–Crippen LogP) is 2.45. The van der Waals surface area contributed by atoms with E-state index in [9.17, 15) is 22.8 Å². The number of carbonyl (C=O) groups excluding carboxylic acids is 1. The number of aliphatic hydroxyl groups excluding tert-OH is 1. The normalized spacial score (nSPS) is 12.4. The highest BCUT2D eigenvalue weighted by molar-refractivity contribution is 5.92. The summed E-state index contributed by atoms with van der Waals surface area (Å²) in [6, 6.07) is 5.20. The molecule has 10 nitrogen and oxygen atoms in total. The summed E-state index contributed by atoms with van der Waals surface area (Å²) >= 11 is 0. The van der Waals surface area contributed by atoms with Crippen molar-refractivity contribution in [3.8, 4) is 16.9 Å². The van der Waals surface area contributed by atoms with Gasteiger partial charge in [-0.15, -0.1) is 5.10 Å². The first-order valence-electron chi connectivity index (χ1n) is 11.0. The maximum Gasteiger partial charge on any atom is 0.298 e. The third-order valence-electron chi connectivity index (χ3n) is 5.74. The molecule has 0 unspecified atom stereocenters. The van der Waals surface area contributed by atoms with E-state index in [0.29, 0.717) is 11.3 Å². The Morgan fingerprint density at radius 1 is 1.22 bits per heavy atom. The van der Waals surface area contributed by atoms with Gasteiger partial charge in [0.1, 0.15) is 18.1 Å². The highest BCUT2D eigenvalue weighted by Gasteiger charge is 2.35. The van der Waals surface area contributed by atoms with Crippen LogP contribution in [0.15, 0.2) is 53.7 Å². The van der Waals surface area contributed by atoms with Gasteiger partial charge in [-0.25, -0.2) is 9.07 Å². The molecule has 0 fully saturated rings. The molecule has 1 aromatic carbocycles. The predicted molar refractivity (Wildman–Crippen MR) is 126 cm³/mol. The average molecular weight is 513 g/mol. The van der Waals surface area contributed by atoms with Gasteiger partial charge in [0.15, 0.2) is 0 Å². The fourth-order valence-electron chi connectivity index (χ4n) is 3.74. The van der Waals surface area contributed by atoms with Crippen molar-refractivity contribution in [2.45, 2.75) is 25.8 Å². The molecule has 4 aromatic rings. The van der Waals surface area contributed by atoms with E-state index >= 15 is 0 Å². The number of alkyl halides is 2. The first-order chi connectivity index (χ1) is 17.5. The maximum absolute atomic E-state index is 14.8. The highest BCUT2D eigenvalue weighted by Crippen LogP contribution is 2.32. The number of nitrogens with zero attached hydrogens (tertiary/aromatic N) is 6. The summed E-state index contributed by atoms with van der Waals surface area (Å²) in [4.78, 5) is 30.0. The number of halogens is 3. The second-order valence-electron chi connectivity index (χ2n) is 8.37. The lowest BCUT2D eigenvalue weighted by Crippen LogP contribution is -2.32. The van der Waals surface area contributed by atoms with Gasteiger partial charge < -0.3 is 10.4 Å². The van der Waals surface area contributed by atoms with E-state index in [1.54, 1.807) is 19.3 Å². The molecule has 0 aliphatic carbocycles. The number of rotatable bonds is 7. The quantitative estimate of drug-likeness (QED) is 0.389. The Kier molecular flexibility index (Phi) is 6.90. The number of hydrogen-bond donors (Lipinski definition) is 2. The molecule has 3 aromatic heterocycles. The van der Waals surface area contributed by atoms with E-state index in [-0.39, 0.29) is 22.5 Å². The van der Waals surface area contributed by atoms with Gasteiger partial charge >= 0.3 is 0 Å². The molecular formula is C24H22F3N7O3. The van der Waals surface area contributed by atoms with Crippen LogP contribution in [0.3, 0.4) is 0 Å². The number of aryl methyl sites for hydroxylation is 2. The minimum atomic E-state index is -3.79. The molecule has 13 heteroatoms. The standard InChI is InChI=1S/C24H22F3N7O3/c1-13-7-19(22(36)30-14(2)17-5-4-6-18(21(17)25)24(26,27)12-35)31-34(23(13)37)16-8-15(9-28-10-16)20-11-29-32-33(20)3/h4-11,14,35H,12H2,1-3H3,(H,30,36)/t14-/m1/s1. The summed E-state index contributed by atoms with van der Waals surface area (Å²) < 4.78 is 45.2. The van der Waals surface area contributed by atoms with Crippen molar-refractivity contribution in [2.75, 3.05) is 6.61 Å². The van der Waals surface area contributed by atoms with Crippen molar-refractivity contribution in [2.24, 2.45) is 7.05 Å². The smallest absolute Gasteiger partial charge is 0.298 e. The Balaban J connectivity index is 1.66. The molecule has 0 aliphatic heterocycles. The monoisotopic (exact) mass is 513 g/mol. The summed E-state index contributed by atoms with van der Waals surface area (Å²) in [7, 11) is 1.69. The summed E-state index contributed by atoms with van der Waals surface area (Å²) in [5.41, 5.74) is -0.105. The molecular weight excluding hydrogens is 491 g/mol. The molecule has 0 bridgehead atoms. The van der Waals surface area contributed by atoms with Gasteiger partial charge in [-0.05, 0) is 32.0 Å². The van der Waals surface area contributed by atoms with Gasteiger partial charge in [0.25, 0.3) is 17.4 Å². The van der Waals surface area contributed by atoms with E-state index in [4.69, 9.17) is 5.11 Å². The molecule has 3 heterocycles. The van der Waals surface area contributed by atoms with Crippen LogP contribution in [0.1, 0.15) is 40.1 Å². The minimum absolute atomic E-state index is 0.159. The van der Waals surface area contributed by atoms with Crippen molar-refractivity contribution in [3.05, 3.63) is 87.5 Å². The van der Waals surface area contributed by atoms with Crippen LogP contribution in [0, 0.1) is 12.7 Å². The lowest BCUT2D eigenvalue weighted by Gasteiger charge is -2.20. The Morgan fingerprint density at radius 2 is 1.97 bits per heavy atom. The molecule has 1 atom stereocenters. The zero-order chi connectivity index (χ0) is 26.9. The topological polar surface area (TPSA) is 128 Å². The third kappa shape index (κ3) is 4.98. The van der Waals surface area contributed by atoms with Crippen LogP contribution in [0.25, 0.3) is 16.9 Å². The van der Waals surface area contributed by atoms with Crippen molar-refractivity contribution in [1.29, 1.82) is 0 Å². The van der Waals surface area contributed by atoms with Crippen LogP contribution < -0.4 is 10.9 Å². The summed E-state index contributed by atoms with van der Waals surface area (Å²) in [5.74, 6) is -5.79. The molecule has 0 radical (unpaired) electrons. The maximum atomic E-state index is 14.8. The molecule has 0 spiro atoms. The largest absolute Gasteiger partial charge is 0.390 e. The SMILES string of the molecule is Cc1cc(C(=O)N[C@H](C)c2cccc(C(F)(F)CO)c2F)nn(-c2cncc(-c3cnnn3C)c2)c1=O. The molecule has 2 N–H and O–H groups in total. The van der Waals surface area contributed by atoms with E-state index in [2.05, 4.69) is 25.7 Å². The van der Waals surface area contributed by atoms with Crippen molar-refractivity contribution in [1.82, 2.24) is 35.1 Å².